The Hall–Kier alpha value is -3.07. The van der Waals surface area contributed by atoms with Crippen LogP contribution in [0.5, 0.6) is 5.75 Å². The second-order valence-electron chi connectivity index (χ2n) is 9.04. The van der Waals surface area contributed by atoms with Crippen LogP contribution in [-0.2, 0) is 13.0 Å². The standard InChI is InChI=1S/C25H22B2O7/c1-12-17-7-6-16(27(31)32)10-20(17)33-25-18(12)8-14-9-19-21(11-28)34-24(23(19)22(14)25)13-2-4-15(5-3-13)26(29)30/h2-7,10,14,28-32H,8-9,11H2,1H3. The zero-order valence-electron chi connectivity index (χ0n) is 18.4. The number of fused-ring (bicyclic) bond motifs is 5. The molecule has 0 saturated heterocycles. The number of aliphatic hydroxyl groups is 1. The smallest absolute Gasteiger partial charge is 0.458 e. The maximum atomic E-state index is 9.97. The summed E-state index contributed by atoms with van der Waals surface area (Å²) in [6.07, 6.45) is 1.55. The molecule has 1 atom stereocenters. The van der Waals surface area contributed by atoms with Gasteiger partial charge in [-0.15, -0.1) is 0 Å². The van der Waals surface area contributed by atoms with Crippen molar-refractivity contribution in [2.24, 2.45) is 5.92 Å². The van der Waals surface area contributed by atoms with E-state index in [1.807, 2.05) is 6.07 Å². The van der Waals surface area contributed by atoms with Gasteiger partial charge in [-0.2, -0.15) is 0 Å². The van der Waals surface area contributed by atoms with E-state index >= 15 is 0 Å². The fourth-order valence-electron chi connectivity index (χ4n) is 5.48. The van der Waals surface area contributed by atoms with Gasteiger partial charge in [0.25, 0.3) is 0 Å². The van der Waals surface area contributed by atoms with Gasteiger partial charge in [-0.3, -0.25) is 0 Å². The van der Waals surface area contributed by atoms with Crippen molar-refractivity contribution in [1.29, 1.82) is 0 Å². The molecule has 2 aliphatic carbocycles. The molecule has 2 heterocycles. The molecule has 0 fully saturated rings. The van der Waals surface area contributed by atoms with Crippen molar-refractivity contribution >= 4 is 36.3 Å². The third kappa shape index (κ3) is 3.06. The third-order valence-corrected chi connectivity index (χ3v) is 7.18. The number of ether oxygens (including phenoxy) is 1. The largest absolute Gasteiger partial charge is 0.488 e. The molecule has 0 saturated carbocycles. The molecule has 170 valence electrons. The highest BCUT2D eigenvalue weighted by molar-refractivity contribution is 6.59. The fraction of sp³-hybridized carbons (Fsp3) is 0.200. The first-order valence-electron chi connectivity index (χ1n) is 11.2. The molecule has 3 aliphatic rings. The molecule has 5 N–H and O–H groups in total. The average Bonchev–Trinajstić information content (AvgIpc) is 3.47. The van der Waals surface area contributed by atoms with Gasteiger partial charge >= 0.3 is 14.2 Å². The van der Waals surface area contributed by atoms with Crippen molar-refractivity contribution < 1.29 is 34.4 Å². The summed E-state index contributed by atoms with van der Waals surface area (Å²) >= 11 is 0. The summed E-state index contributed by atoms with van der Waals surface area (Å²) in [7, 11) is -3.14. The van der Waals surface area contributed by atoms with Gasteiger partial charge in [0, 0.05) is 27.8 Å². The van der Waals surface area contributed by atoms with E-state index in [2.05, 4.69) is 6.92 Å². The highest BCUT2D eigenvalue weighted by atomic mass is 16.5. The number of allylic oxidation sites excluding steroid dienone is 3. The predicted molar refractivity (Wildman–Crippen MR) is 128 cm³/mol. The van der Waals surface area contributed by atoms with E-state index in [1.165, 1.54) is 0 Å². The summed E-state index contributed by atoms with van der Waals surface area (Å²) in [5, 5.41) is 48.1. The van der Waals surface area contributed by atoms with Crippen LogP contribution in [0.4, 0.5) is 0 Å². The van der Waals surface area contributed by atoms with Gasteiger partial charge in [0.2, 0.25) is 0 Å². The first kappa shape index (κ1) is 21.5. The van der Waals surface area contributed by atoms with Crippen molar-refractivity contribution in [3.05, 3.63) is 76.2 Å². The quantitative estimate of drug-likeness (QED) is 0.371. The maximum absolute atomic E-state index is 9.97. The molecule has 6 rings (SSSR count). The van der Waals surface area contributed by atoms with Gasteiger partial charge in [-0.25, -0.2) is 0 Å². The van der Waals surface area contributed by atoms with Gasteiger partial charge in [-0.1, -0.05) is 36.4 Å². The second-order valence-corrected chi connectivity index (χ2v) is 9.04. The minimum Gasteiger partial charge on any atom is -0.458 e. The summed E-state index contributed by atoms with van der Waals surface area (Å²) < 4.78 is 12.5. The molecule has 0 amide bonds. The van der Waals surface area contributed by atoms with E-state index in [9.17, 15) is 25.2 Å². The lowest BCUT2D eigenvalue weighted by atomic mass is 9.79. The van der Waals surface area contributed by atoms with Crippen molar-refractivity contribution in [2.75, 3.05) is 0 Å². The monoisotopic (exact) mass is 456 g/mol. The van der Waals surface area contributed by atoms with Crippen LogP contribution in [0.3, 0.4) is 0 Å². The summed E-state index contributed by atoms with van der Waals surface area (Å²) in [5.74, 6) is 2.70. The number of hydrogen-bond acceptors (Lipinski definition) is 7. The zero-order valence-corrected chi connectivity index (χ0v) is 18.4. The fourth-order valence-corrected chi connectivity index (χ4v) is 5.48. The summed E-state index contributed by atoms with van der Waals surface area (Å²) in [6.45, 7) is 1.84. The van der Waals surface area contributed by atoms with Crippen LogP contribution in [0.1, 0.15) is 35.8 Å². The summed E-state index contributed by atoms with van der Waals surface area (Å²) in [4.78, 5) is 0. The third-order valence-electron chi connectivity index (χ3n) is 7.18. The van der Waals surface area contributed by atoms with E-state index in [0.717, 1.165) is 57.6 Å². The van der Waals surface area contributed by atoms with Crippen molar-refractivity contribution in [2.45, 2.75) is 26.4 Å². The second kappa shape index (κ2) is 7.73. The van der Waals surface area contributed by atoms with Crippen LogP contribution in [-0.4, -0.2) is 39.4 Å². The van der Waals surface area contributed by atoms with E-state index in [4.69, 9.17) is 9.15 Å². The highest BCUT2D eigenvalue weighted by Gasteiger charge is 2.45. The first-order valence-corrected chi connectivity index (χ1v) is 11.2. The lowest BCUT2D eigenvalue weighted by Gasteiger charge is -2.23. The maximum Gasteiger partial charge on any atom is 0.488 e. The van der Waals surface area contributed by atoms with E-state index < -0.39 is 14.2 Å². The molecule has 0 spiro atoms. The van der Waals surface area contributed by atoms with Crippen LogP contribution in [0.2, 0.25) is 0 Å². The van der Waals surface area contributed by atoms with Crippen molar-refractivity contribution in [1.82, 2.24) is 0 Å². The highest BCUT2D eigenvalue weighted by Crippen LogP contribution is 2.57. The molecular formula is C25H22B2O7. The van der Waals surface area contributed by atoms with E-state index in [1.54, 1.807) is 36.4 Å². The Kier molecular flexibility index (Phi) is 4.88. The van der Waals surface area contributed by atoms with Crippen LogP contribution in [0.25, 0.3) is 22.5 Å². The molecule has 34 heavy (non-hydrogen) atoms. The molecule has 1 aliphatic heterocycles. The van der Waals surface area contributed by atoms with Crippen LogP contribution in [0.15, 0.2) is 58.2 Å². The number of benzene rings is 2. The Morgan fingerprint density at radius 1 is 0.941 bits per heavy atom. The Bertz CT molecular complexity index is 1380. The number of furan rings is 1. The van der Waals surface area contributed by atoms with Crippen molar-refractivity contribution in [3.63, 3.8) is 0 Å². The Morgan fingerprint density at radius 3 is 2.32 bits per heavy atom. The Morgan fingerprint density at radius 2 is 1.65 bits per heavy atom. The van der Waals surface area contributed by atoms with Crippen molar-refractivity contribution in [3.8, 4) is 17.1 Å². The zero-order chi connectivity index (χ0) is 23.7. The van der Waals surface area contributed by atoms with Crippen LogP contribution in [0, 0.1) is 5.92 Å². The first-order chi connectivity index (χ1) is 16.4. The van der Waals surface area contributed by atoms with Gasteiger partial charge < -0.3 is 34.4 Å². The summed E-state index contributed by atoms with van der Waals surface area (Å²) in [5.41, 5.74) is 7.61. The molecule has 2 aromatic carbocycles. The average molecular weight is 456 g/mol. The summed E-state index contributed by atoms with van der Waals surface area (Å²) in [6, 6.07) is 12.0. The molecule has 3 aromatic rings. The Labute approximate surface area is 196 Å². The molecule has 9 heteroatoms. The number of aliphatic hydroxyl groups excluding tert-OH is 1. The van der Waals surface area contributed by atoms with Crippen LogP contribution >= 0.6 is 0 Å². The lowest BCUT2D eigenvalue weighted by Crippen LogP contribution is -2.30. The molecule has 7 nitrogen and oxygen atoms in total. The van der Waals surface area contributed by atoms with E-state index in [0.29, 0.717) is 28.2 Å². The number of hydrogen-bond donors (Lipinski definition) is 5. The van der Waals surface area contributed by atoms with Gasteiger partial charge in [0.1, 0.15) is 29.6 Å². The van der Waals surface area contributed by atoms with Gasteiger partial charge in [-0.05, 0) is 53.8 Å². The SMILES string of the molecule is CC1=C2CC3Cc4c(CO)oc(-c5ccc(B(O)O)cc5)c4C3=C2Oc2cc(B(O)O)ccc21. The van der Waals surface area contributed by atoms with E-state index in [-0.39, 0.29) is 12.5 Å². The number of rotatable bonds is 4. The normalized spacial score (nSPS) is 17.9. The predicted octanol–water partition coefficient (Wildman–Crippen LogP) is 0.952. The Balaban J connectivity index is 1.52. The molecular weight excluding hydrogens is 434 g/mol. The van der Waals surface area contributed by atoms with Crippen LogP contribution < -0.4 is 15.7 Å². The van der Waals surface area contributed by atoms with Gasteiger partial charge in [0.15, 0.2) is 0 Å². The van der Waals surface area contributed by atoms with Gasteiger partial charge in [0.05, 0.1) is 0 Å². The minimum atomic E-state index is -1.58. The molecule has 0 bridgehead atoms. The molecule has 0 radical (unpaired) electrons. The lowest BCUT2D eigenvalue weighted by molar-refractivity contribution is 0.246. The topological polar surface area (TPSA) is 124 Å². The molecule has 1 aromatic heterocycles. The minimum absolute atomic E-state index is 0.196. The molecule has 1 unspecified atom stereocenters.